The first-order valence-corrected chi connectivity index (χ1v) is 15.2. The average molecular weight is 580 g/mol. The summed E-state index contributed by atoms with van der Waals surface area (Å²) in [6, 6.07) is 53.4. The predicted octanol–water partition coefficient (Wildman–Crippen LogP) is 10.8. The lowest BCUT2D eigenvalue weighted by Crippen LogP contribution is -2.06. The Balaban J connectivity index is 1.49. The van der Waals surface area contributed by atoms with Gasteiger partial charge in [-0.05, 0) is 57.3 Å². The molecule has 0 radical (unpaired) electrons. The summed E-state index contributed by atoms with van der Waals surface area (Å²) in [6.07, 6.45) is 0. The smallest absolute Gasteiger partial charge is 0.147 e. The molecule has 9 aromatic rings. The summed E-state index contributed by atoms with van der Waals surface area (Å²) in [7, 11) is 0. The second-order valence-corrected chi connectivity index (χ2v) is 11.6. The lowest BCUT2D eigenvalue weighted by Gasteiger charge is -2.19. The molecule has 206 valence electrons. The minimum absolute atomic E-state index is 0.776. The Labute approximate surface area is 258 Å². The summed E-state index contributed by atoms with van der Waals surface area (Å²) in [5, 5.41) is 5.63. The molecule has 0 spiro atoms. The monoisotopic (exact) mass is 579 g/mol. The van der Waals surface area contributed by atoms with Gasteiger partial charge < -0.3 is 0 Å². The highest BCUT2D eigenvalue weighted by molar-refractivity contribution is 7.71. The van der Waals surface area contributed by atoms with Crippen molar-refractivity contribution in [2.45, 2.75) is 0 Å². The van der Waals surface area contributed by atoms with Crippen molar-refractivity contribution in [3.63, 3.8) is 0 Å². The number of aromatic nitrogens is 3. The van der Waals surface area contributed by atoms with Crippen molar-refractivity contribution in [3.8, 4) is 27.9 Å². The number of nitrogens with zero attached hydrogens (tertiary/aromatic N) is 3. The molecular formula is C40H25N3S. The fourth-order valence-corrected chi connectivity index (χ4v) is 7.06. The van der Waals surface area contributed by atoms with Crippen LogP contribution in [0.5, 0.6) is 0 Å². The van der Waals surface area contributed by atoms with Gasteiger partial charge in [-0.1, -0.05) is 140 Å². The zero-order valence-corrected chi connectivity index (χ0v) is 24.5. The van der Waals surface area contributed by atoms with Crippen molar-refractivity contribution in [3.05, 3.63) is 156 Å². The quantitative estimate of drug-likeness (QED) is 0.153. The summed E-state index contributed by atoms with van der Waals surface area (Å²) in [5.41, 5.74) is 9.59. The van der Waals surface area contributed by atoms with E-state index in [9.17, 15) is 0 Å². The van der Waals surface area contributed by atoms with Gasteiger partial charge in [-0.3, -0.25) is 8.97 Å². The van der Waals surface area contributed by atoms with Crippen LogP contribution < -0.4 is 0 Å². The van der Waals surface area contributed by atoms with Crippen molar-refractivity contribution < 1.29 is 0 Å². The summed E-state index contributed by atoms with van der Waals surface area (Å²) in [4.78, 5) is 5.30. The first-order chi connectivity index (χ1) is 21.8. The van der Waals surface area contributed by atoms with E-state index in [1.54, 1.807) is 0 Å². The van der Waals surface area contributed by atoms with Crippen LogP contribution in [0, 0.1) is 4.64 Å². The predicted molar refractivity (Wildman–Crippen MR) is 186 cm³/mol. The molecule has 0 aliphatic rings. The van der Waals surface area contributed by atoms with Crippen LogP contribution in [0.3, 0.4) is 0 Å². The van der Waals surface area contributed by atoms with Crippen LogP contribution in [-0.2, 0) is 0 Å². The summed E-state index contributed by atoms with van der Waals surface area (Å²) < 4.78 is 5.35. The minimum Gasteiger partial charge on any atom is -0.285 e. The lowest BCUT2D eigenvalue weighted by molar-refractivity contribution is 1.05. The molecule has 44 heavy (non-hydrogen) atoms. The van der Waals surface area contributed by atoms with Crippen molar-refractivity contribution >= 4 is 61.5 Å². The van der Waals surface area contributed by atoms with Crippen LogP contribution in [0.15, 0.2) is 152 Å². The van der Waals surface area contributed by atoms with E-state index in [1.807, 2.05) is 6.07 Å². The van der Waals surface area contributed by atoms with Gasteiger partial charge in [-0.2, -0.15) is 0 Å². The third-order valence-electron chi connectivity index (χ3n) is 8.69. The SMILES string of the molecule is S=c1c2ccccc2c2c3ccccc3c3nc4cc(-c5ccccc5)ccc4n3c2n1-c1cccc(-c2ccccc2)c1. The Bertz CT molecular complexity index is 2620. The number of hydrogen-bond donors (Lipinski definition) is 0. The van der Waals surface area contributed by atoms with Crippen LogP contribution in [0.2, 0.25) is 0 Å². The highest BCUT2D eigenvalue weighted by Gasteiger charge is 2.20. The second-order valence-electron chi connectivity index (χ2n) is 11.2. The summed E-state index contributed by atoms with van der Waals surface area (Å²) >= 11 is 6.36. The largest absolute Gasteiger partial charge is 0.285 e. The van der Waals surface area contributed by atoms with Crippen molar-refractivity contribution in [1.29, 1.82) is 0 Å². The van der Waals surface area contributed by atoms with Crippen LogP contribution in [0.4, 0.5) is 0 Å². The zero-order chi connectivity index (χ0) is 29.2. The molecule has 0 unspecified atom stereocenters. The molecule has 0 saturated carbocycles. The van der Waals surface area contributed by atoms with Crippen LogP contribution >= 0.6 is 12.2 Å². The van der Waals surface area contributed by atoms with Gasteiger partial charge in [0.05, 0.1) is 11.0 Å². The van der Waals surface area contributed by atoms with Crippen LogP contribution in [-0.4, -0.2) is 14.0 Å². The van der Waals surface area contributed by atoms with Gasteiger partial charge in [0.25, 0.3) is 0 Å². The molecule has 3 aromatic heterocycles. The summed E-state index contributed by atoms with van der Waals surface area (Å²) in [5.74, 6) is 0. The van der Waals surface area contributed by atoms with E-state index >= 15 is 0 Å². The normalized spacial score (nSPS) is 11.7. The molecule has 6 aromatic carbocycles. The number of hydrogen-bond acceptors (Lipinski definition) is 2. The summed E-state index contributed by atoms with van der Waals surface area (Å²) in [6.45, 7) is 0. The van der Waals surface area contributed by atoms with E-state index in [0.29, 0.717) is 0 Å². The molecule has 0 bridgehead atoms. The lowest BCUT2D eigenvalue weighted by atomic mass is 10.0. The maximum Gasteiger partial charge on any atom is 0.147 e. The highest BCUT2D eigenvalue weighted by Crippen LogP contribution is 2.39. The average Bonchev–Trinajstić information content (AvgIpc) is 3.48. The van der Waals surface area contributed by atoms with E-state index in [4.69, 9.17) is 17.2 Å². The van der Waals surface area contributed by atoms with Crippen molar-refractivity contribution in [1.82, 2.24) is 14.0 Å². The van der Waals surface area contributed by atoms with Gasteiger partial charge in [0.2, 0.25) is 0 Å². The second kappa shape index (κ2) is 9.73. The Morgan fingerprint density at radius 1 is 0.477 bits per heavy atom. The minimum atomic E-state index is 0.776. The Morgan fingerprint density at radius 3 is 1.75 bits per heavy atom. The molecule has 0 aliphatic heterocycles. The number of rotatable bonds is 3. The van der Waals surface area contributed by atoms with Gasteiger partial charge >= 0.3 is 0 Å². The van der Waals surface area contributed by atoms with Crippen molar-refractivity contribution in [2.75, 3.05) is 0 Å². The molecule has 0 saturated heterocycles. The van der Waals surface area contributed by atoms with Gasteiger partial charge in [-0.25, -0.2) is 4.98 Å². The molecule has 4 heteroatoms. The first-order valence-electron chi connectivity index (χ1n) is 14.8. The third-order valence-corrected chi connectivity index (χ3v) is 9.09. The Morgan fingerprint density at radius 2 is 1.05 bits per heavy atom. The molecule has 0 amide bonds. The fraction of sp³-hybridized carbons (Fsp3) is 0. The van der Waals surface area contributed by atoms with Gasteiger partial charge in [0, 0.05) is 21.8 Å². The van der Waals surface area contributed by atoms with E-state index in [0.717, 1.165) is 70.7 Å². The highest BCUT2D eigenvalue weighted by atomic mass is 32.1. The van der Waals surface area contributed by atoms with Gasteiger partial charge in [-0.15, -0.1) is 0 Å². The molecule has 0 N–H and O–H groups in total. The number of pyridine rings is 2. The van der Waals surface area contributed by atoms with Gasteiger partial charge in [0.15, 0.2) is 0 Å². The molecule has 0 fully saturated rings. The standard InChI is InChI=1S/C40H25N3S/c44-40-34-21-10-8-19-32(34)37-31-18-7-9-20-33(31)38-41-35-25-29(27-14-5-2-6-15-27)22-23-36(35)43(38)39(37)42(40)30-17-11-16-28(24-30)26-12-3-1-4-13-26/h1-25H. The van der Waals surface area contributed by atoms with E-state index in [-0.39, 0.29) is 0 Å². The van der Waals surface area contributed by atoms with Crippen molar-refractivity contribution in [2.24, 2.45) is 0 Å². The molecule has 0 aliphatic carbocycles. The number of imidazole rings is 1. The molecular weight excluding hydrogens is 555 g/mol. The number of benzene rings is 6. The Hall–Kier alpha value is -5.58. The first kappa shape index (κ1) is 25.0. The molecule has 3 heterocycles. The van der Waals surface area contributed by atoms with Gasteiger partial charge in [0.1, 0.15) is 15.9 Å². The van der Waals surface area contributed by atoms with E-state index < -0.39 is 0 Å². The Kier molecular flexibility index (Phi) is 5.52. The molecule has 0 atom stereocenters. The van der Waals surface area contributed by atoms with E-state index in [2.05, 4.69) is 155 Å². The van der Waals surface area contributed by atoms with Crippen LogP contribution in [0.25, 0.3) is 77.2 Å². The topological polar surface area (TPSA) is 22.2 Å². The van der Waals surface area contributed by atoms with Crippen LogP contribution in [0.1, 0.15) is 0 Å². The maximum atomic E-state index is 6.36. The maximum absolute atomic E-state index is 6.36. The fourth-order valence-electron chi connectivity index (χ4n) is 6.69. The number of fused-ring (bicyclic) bond motifs is 10. The third kappa shape index (κ3) is 3.68. The molecule has 9 rings (SSSR count). The zero-order valence-electron chi connectivity index (χ0n) is 23.7. The van der Waals surface area contributed by atoms with E-state index in [1.165, 1.54) is 11.1 Å². The molecule has 3 nitrogen and oxygen atoms in total.